The van der Waals surface area contributed by atoms with Crippen LogP contribution in [0.3, 0.4) is 0 Å². The van der Waals surface area contributed by atoms with Crippen molar-refractivity contribution in [1.82, 2.24) is 0 Å². The maximum absolute atomic E-state index is 11.8. The topological polar surface area (TPSA) is 44.5 Å². The normalized spacial score (nSPS) is 13.4. The number of halogens is 4. The summed E-state index contributed by atoms with van der Waals surface area (Å²) in [7, 11) is 0. The molecule has 0 heterocycles. The number of alkyl halides is 3. The fourth-order valence-corrected chi connectivity index (χ4v) is 1.45. The maximum Gasteiger partial charge on any atom is 0.411 e. The highest BCUT2D eigenvalue weighted by Crippen LogP contribution is 2.27. The van der Waals surface area contributed by atoms with Crippen molar-refractivity contribution in [3.05, 3.63) is 28.8 Å². The van der Waals surface area contributed by atoms with E-state index >= 15 is 0 Å². The number of rotatable bonds is 5. The quantitative estimate of drug-likeness (QED) is 0.666. The predicted octanol–water partition coefficient (Wildman–Crippen LogP) is 3.27. The van der Waals surface area contributed by atoms with Gasteiger partial charge in [0.15, 0.2) is 6.79 Å². The molecule has 0 aliphatic carbocycles. The van der Waals surface area contributed by atoms with Crippen molar-refractivity contribution in [1.29, 1.82) is 0 Å². The molecule has 1 rings (SSSR count). The average Bonchev–Trinajstić information content (AvgIpc) is 2.24. The highest BCUT2D eigenvalue weighted by molar-refractivity contribution is 6.30. The van der Waals surface area contributed by atoms with Crippen LogP contribution in [0.25, 0.3) is 0 Å². The monoisotopic (exact) mass is 283 g/mol. The Hall–Kier alpha value is -0.980. The lowest BCUT2D eigenvalue weighted by Crippen LogP contribution is -2.19. The Kier molecular flexibility index (Phi) is 5.25. The first kappa shape index (κ1) is 15.1. The first-order valence-corrected chi connectivity index (χ1v) is 5.49. The van der Waals surface area contributed by atoms with Crippen LogP contribution in [0, 0.1) is 0 Å². The summed E-state index contributed by atoms with van der Waals surface area (Å²) in [5, 5.41) is 0.478. The van der Waals surface area contributed by atoms with E-state index < -0.39 is 19.6 Å². The molecule has 102 valence electrons. The Bertz CT molecular complexity index is 396. The van der Waals surface area contributed by atoms with Crippen LogP contribution in [0.2, 0.25) is 5.02 Å². The van der Waals surface area contributed by atoms with Gasteiger partial charge < -0.3 is 15.2 Å². The smallest absolute Gasteiger partial charge is 0.411 e. The molecule has 0 fully saturated rings. The van der Waals surface area contributed by atoms with E-state index in [-0.39, 0.29) is 6.04 Å². The van der Waals surface area contributed by atoms with Gasteiger partial charge in [-0.05, 0) is 25.1 Å². The van der Waals surface area contributed by atoms with Crippen LogP contribution in [-0.2, 0) is 4.74 Å². The molecule has 1 atom stereocenters. The van der Waals surface area contributed by atoms with Gasteiger partial charge in [0.2, 0.25) is 0 Å². The fraction of sp³-hybridized carbons (Fsp3) is 0.455. The lowest BCUT2D eigenvalue weighted by Gasteiger charge is -2.15. The van der Waals surface area contributed by atoms with Crippen molar-refractivity contribution in [2.24, 2.45) is 5.73 Å². The molecule has 0 spiro atoms. The summed E-state index contributed by atoms with van der Waals surface area (Å²) in [5.74, 6) is 0.358. The van der Waals surface area contributed by atoms with Crippen LogP contribution in [0.1, 0.15) is 18.5 Å². The maximum atomic E-state index is 11.8. The predicted molar refractivity (Wildman–Crippen MR) is 61.6 cm³/mol. The van der Waals surface area contributed by atoms with Gasteiger partial charge in [0.1, 0.15) is 12.4 Å². The molecule has 1 aromatic carbocycles. The van der Waals surface area contributed by atoms with Gasteiger partial charge in [-0.2, -0.15) is 13.2 Å². The van der Waals surface area contributed by atoms with Crippen LogP contribution < -0.4 is 10.5 Å². The minimum atomic E-state index is -4.37. The number of nitrogens with two attached hydrogens (primary N) is 1. The Labute approximate surface area is 108 Å². The van der Waals surface area contributed by atoms with Crippen molar-refractivity contribution in [3.63, 3.8) is 0 Å². The van der Waals surface area contributed by atoms with E-state index in [1.165, 1.54) is 6.07 Å². The summed E-state index contributed by atoms with van der Waals surface area (Å²) in [6, 6.07) is 4.36. The number of hydrogen-bond donors (Lipinski definition) is 1. The molecule has 0 aliphatic heterocycles. The lowest BCUT2D eigenvalue weighted by molar-refractivity contribution is -0.186. The molecule has 0 saturated carbocycles. The van der Waals surface area contributed by atoms with E-state index in [0.29, 0.717) is 16.3 Å². The van der Waals surface area contributed by atoms with Gasteiger partial charge in [0.05, 0.1) is 0 Å². The van der Waals surface area contributed by atoms with Gasteiger partial charge in [-0.25, -0.2) is 0 Å². The van der Waals surface area contributed by atoms with Crippen LogP contribution in [0.4, 0.5) is 13.2 Å². The summed E-state index contributed by atoms with van der Waals surface area (Å²) in [5.41, 5.74) is 6.31. The molecule has 18 heavy (non-hydrogen) atoms. The Balaban J connectivity index is 2.57. The summed E-state index contributed by atoms with van der Waals surface area (Å²) < 4.78 is 44.9. The van der Waals surface area contributed by atoms with Crippen molar-refractivity contribution >= 4 is 11.6 Å². The Morgan fingerprint density at radius 1 is 1.39 bits per heavy atom. The largest absolute Gasteiger partial charge is 0.467 e. The van der Waals surface area contributed by atoms with Gasteiger partial charge in [0, 0.05) is 16.6 Å². The van der Waals surface area contributed by atoms with Gasteiger partial charge >= 0.3 is 6.18 Å². The summed E-state index contributed by atoms with van der Waals surface area (Å²) >= 11 is 5.79. The Morgan fingerprint density at radius 3 is 2.61 bits per heavy atom. The molecule has 1 unspecified atom stereocenters. The molecule has 0 radical (unpaired) electrons. The third kappa shape index (κ3) is 5.12. The summed E-state index contributed by atoms with van der Waals surface area (Å²) in [6.07, 6.45) is -4.37. The van der Waals surface area contributed by atoms with Gasteiger partial charge in [-0.3, -0.25) is 0 Å². The van der Waals surface area contributed by atoms with Crippen LogP contribution >= 0.6 is 11.6 Å². The molecular weight excluding hydrogens is 271 g/mol. The molecule has 0 aliphatic rings. The second-order valence-electron chi connectivity index (χ2n) is 3.70. The van der Waals surface area contributed by atoms with Gasteiger partial charge in [-0.1, -0.05) is 11.6 Å². The summed E-state index contributed by atoms with van der Waals surface area (Å²) in [6.45, 7) is -0.135. The van der Waals surface area contributed by atoms with Gasteiger partial charge in [0.25, 0.3) is 0 Å². The number of ether oxygens (including phenoxy) is 2. The van der Waals surface area contributed by atoms with Crippen LogP contribution in [0.15, 0.2) is 18.2 Å². The first-order valence-electron chi connectivity index (χ1n) is 5.12. The minimum absolute atomic E-state index is 0.346. The molecule has 0 saturated heterocycles. The molecule has 0 amide bonds. The van der Waals surface area contributed by atoms with E-state index in [2.05, 4.69) is 4.74 Å². The molecular formula is C11H13ClF3NO2. The minimum Gasteiger partial charge on any atom is -0.467 e. The highest BCUT2D eigenvalue weighted by atomic mass is 35.5. The Morgan fingerprint density at radius 2 is 2.06 bits per heavy atom. The fourth-order valence-electron chi connectivity index (χ4n) is 1.27. The molecule has 3 nitrogen and oxygen atoms in total. The molecule has 0 aromatic heterocycles. The van der Waals surface area contributed by atoms with Crippen molar-refractivity contribution < 1.29 is 22.6 Å². The van der Waals surface area contributed by atoms with Crippen molar-refractivity contribution in [2.45, 2.75) is 19.1 Å². The van der Waals surface area contributed by atoms with E-state index in [0.717, 1.165) is 0 Å². The number of hydrogen-bond acceptors (Lipinski definition) is 3. The van der Waals surface area contributed by atoms with Gasteiger partial charge in [-0.15, -0.1) is 0 Å². The SMILES string of the molecule is CC(N)c1cc(Cl)ccc1OCOCC(F)(F)F. The second kappa shape index (κ2) is 6.26. The zero-order chi connectivity index (χ0) is 13.8. The van der Waals surface area contributed by atoms with Crippen LogP contribution in [0.5, 0.6) is 5.75 Å². The average molecular weight is 284 g/mol. The molecule has 0 bridgehead atoms. The van der Waals surface area contributed by atoms with E-state index in [1.807, 2.05) is 0 Å². The third-order valence-electron chi connectivity index (χ3n) is 2.03. The number of benzene rings is 1. The van der Waals surface area contributed by atoms with E-state index in [4.69, 9.17) is 22.1 Å². The third-order valence-corrected chi connectivity index (χ3v) is 2.26. The zero-order valence-corrected chi connectivity index (χ0v) is 10.4. The highest BCUT2D eigenvalue weighted by Gasteiger charge is 2.27. The summed E-state index contributed by atoms with van der Waals surface area (Å²) in [4.78, 5) is 0. The van der Waals surface area contributed by atoms with E-state index in [1.54, 1.807) is 19.1 Å². The van der Waals surface area contributed by atoms with Crippen molar-refractivity contribution in [2.75, 3.05) is 13.4 Å². The van der Waals surface area contributed by atoms with Crippen molar-refractivity contribution in [3.8, 4) is 5.75 Å². The van der Waals surface area contributed by atoms with Crippen LogP contribution in [-0.4, -0.2) is 19.6 Å². The molecule has 1 aromatic rings. The van der Waals surface area contributed by atoms with E-state index in [9.17, 15) is 13.2 Å². The standard InChI is InChI=1S/C11H13ClF3NO2/c1-7(16)9-4-8(12)2-3-10(9)18-6-17-5-11(13,14)15/h2-4,7H,5-6,16H2,1H3. The second-order valence-corrected chi connectivity index (χ2v) is 4.13. The zero-order valence-electron chi connectivity index (χ0n) is 9.63. The lowest BCUT2D eigenvalue weighted by atomic mass is 10.1. The molecule has 2 N–H and O–H groups in total. The first-order chi connectivity index (χ1) is 8.29. The molecule has 7 heteroatoms.